The van der Waals surface area contributed by atoms with Crippen LogP contribution in [0.1, 0.15) is 11.3 Å². The van der Waals surface area contributed by atoms with Gasteiger partial charge in [-0.25, -0.2) is 4.79 Å². The van der Waals surface area contributed by atoms with Crippen LogP contribution in [0.15, 0.2) is 18.2 Å². The standard InChI is InChI=1S/C12H14ClNO3S2/c1-18-7-6-9(12(16)17)14-11(15)5-3-8-2-4-10(13)19-8/h2-5,9H,6-7H2,1H3,(H,14,15)(H,16,17)/b5-3+/t9-/m1/s1. The number of aliphatic carboxylic acids is 1. The van der Waals surface area contributed by atoms with Gasteiger partial charge >= 0.3 is 5.97 Å². The van der Waals surface area contributed by atoms with Crippen LogP contribution in [0.25, 0.3) is 6.08 Å². The number of carboxylic acids is 1. The van der Waals surface area contributed by atoms with Crippen LogP contribution in [0, 0.1) is 0 Å². The van der Waals surface area contributed by atoms with Crippen molar-refractivity contribution in [3.8, 4) is 0 Å². The van der Waals surface area contributed by atoms with Gasteiger partial charge in [0.25, 0.3) is 0 Å². The summed E-state index contributed by atoms with van der Waals surface area (Å²) in [7, 11) is 0. The molecule has 0 spiro atoms. The number of amides is 1. The summed E-state index contributed by atoms with van der Waals surface area (Å²) in [5, 5.41) is 11.4. The molecule has 4 nitrogen and oxygen atoms in total. The molecule has 0 aromatic carbocycles. The first kappa shape index (κ1) is 16.1. The maximum Gasteiger partial charge on any atom is 0.326 e. The highest BCUT2D eigenvalue weighted by atomic mass is 35.5. The molecule has 0 saturated heterocycles. The van der Waals surface area contributed by atoms with Gasteiger partial charge in [-0.15, -0.1) is 11.3 Å². The van der Waals surface area contributed by atoms with Crippen molar-refractivity contribution in [3.63, 3.8) is 0 Å². The minimum absolute atomic E-state index is 0.404. The number of halogens is 1. The van der Waals surface area contributed by atoms with E-state index in [0.717, 1.165) is 4.88 Å². The molecule has 0 saturated carbocycles. The van der Waals surface area contributed by atoms with Gasteiger partial charge in [-0.2, -0.15) is 11.8 Å². The lowest BCUT2D eigenvalue weighted by Gasteiger charge is -2.12. The number of thiophene rings is 1. The fraction of sp³-hybridized carbons (Fsp3) is 0.333. The molecule has 0 bridgehead atoms. The van der Waals surface area contributed by atoms with Crippen LogP contribution < -0.4 is 5.32 Å². The van der Waals surface area contributed by atoms with Gasteiger partial charge in [-0.1, -0.05) is 11.6 Å². The van der Waals surface area contributed by atoms with Gasteiger partial charge in [0.05, 0.1) is 4.34 Å². The summed E-state index contributed by atoms with van der Waals surface area (Å²) in [5.74, 6) is -0.755. The lowest BCUT2D eigenvalue weighted by molar-refractivity contribution is -0.141. The fourth-order valence-corrected chi connectivity index (χ4v) is 2.72. The van der Waals surface area contributed by atoms with E-state index < -0.39 is 17.9 Å². The molecule has 104 valence electrons. The molecular formula is C12H14ClNO3S2. The lowest BCUT2D eigenvalue weighted by Crippen LogP contribution is -2.40. The van der Waals surface area contributed by atoms with Crippen molar-refractivity contribution in [2.75, 3.05) is 12.0 Å². The molecule has 1 amide bonds. The average Bonchev–Trinajstić information content (AvgIpc) is 2.77. The zero-order chi connectivity index (χ0) is 14.3. The molecule has 1 heterocycles. The Hall–Kier alpha value is -0.980. The molecule has 7 heteroatoms. The Kier molecular flexibility index (Phi) is 6.97. The van der Waals surface area contributed by atoms with Gasteiger partial charge in [0.1, 0.15) is 6.04 Å². The summed E-state index contributed by atoms with van der Waals surface area (Å²) in [6.45, 7) is 0. The van der Waals surface area contributed by atoms with Crippen molar-refractivity contribution >= 4 is 52.7 Å². The Morgan fingerprint density at radius 2 is 2.32 bits per heavy atom. The third-order valence-electron chi connectivity index (χ3n) is 2.22. The summed E-state index contributed by atoms with van der Waals surface area (Å²) in [6.07, 6.45) is 5.22. The van der Waals surface area contributed by atoms with Gasteiger partial charge in [-0.3, -0.25) is 4.79 Å². The van der Waals surface area contributed by atoms with Crippen molar-refractivity contribution in [2.45, 2.75) is 12.5 Å². The van der Waals surface area contributed by atoms with Crippen LogP contribution in [0.3, 0.4) is 0 Å². The van der Waals surface area contributed by atoms with Crippen LogP contribution >= 0.6 is 34.7 Å². The quantitative estimate of drug-likeness (QED) is 0.758. The van der Waals surface area contributed by atoms with Crippen molar-refractivity contribution in [1.82, 2.24) is 5.32 Å². The van der Waals surface area contributed by atoms with E-state index in [2.05, 4.69) is 5.32 Å². The topological polar surface area (TPSA) is 66.4 Å². The maximum absolute atomic E-state index is 11.6. The number of carbonyl (C=O) groups is 2. The molecule has 0 unspecified atom stereocenters. The first-order valence-electron chi connectivity index (χ1n) is 5.48. The van der Waals surface area contributed by atoms with E-state index in [9.17, 15) is 9.59 Å². The van der Waals surface area contributed by atoms with E-state index in [4.69, 9.17) is 16.7 Å². The summed E-state index contributed by atoms with van der Waals surface area (Å²) < 4.78 is 0.642. The summed E-state index contributed by atoms with van der Waals surface area (Å²) in [4.78, 5) is 23.4. The molecule has 2 N–H and O–H groups in total. The van der Waals surface area contributed by atoms with Crippen LogP contribution in [0.2, 0.25) is 4.34 Å². The highest BCUT2D eigenvalue weighted by Gasteiger charge is 2.17. The highest BCUT2D eigenvalue weighted by Crippen LogP contribution is 2.22. The van der Waals surface area contributed by atoms with E-state index in [-0.39, 0.29) is 0 Å². The molecule has 0 radical (unpaired) electrons. The number of carbonyl (C=O) groups excluding carboxylic acids is 1. The summed E-state index contributed by atoms with van der Waals surface area (Å²) in [6, 6.07) is 2.68. The monoisotopic (exact) mass is 319 g/mol. The minimum atomic E-state index is -1.02. The molecule has 0 aliphatic carbocycles. The molecule has 0 aliphatic heterocycles. The number of hydrogen-bond acceptors (Lipinski definition) is 4. The third kappa shape index (κ3) is 6.13. The molecule has 1 aromatic heterocycles. The first-order chi connectivity index (χ1) is 9.02. The van der Waals surface area contributed by atoms with Crippen molar-refractivity contribution in [2.24, 2.45) is 0 Å². The van der Waals surface area contributed by atoms with Gasteiger partial charge in [-0.05, 0) is 36.6 Å². The Bertz CT molecular complexity index is 473. The van der Waals surface area contributed by atoms with E-state index in [0.29, 0.717) is 16.5 Å². The Balaban J connectivity index is 2.52. The fourth-order valence-electron chi connectivity index (χ4n) is 1.29. The zero-order valence-electron chi connectivity index (χ0n) is 10.3. The van der Waals surface area contributed by atoms with Crippen LogP contribution in [0.4, 0.5) is 0 Å². The van der Waals surface area contributed by atoms with Gasteiger partial charge in [0, 0.05) is 11.0 Å². The van der Waals surface area contributed by atoms with E-state index >= 15 is 0 Å². The Labute approximate surface area is 124 Å². The van der Waals surface area contributed by atoms with Crippen LogP contribution in [-0.2, 0) is 9.59 Å². The molecule has 1 aromatic rings. The summed E-state index contributed by atoms with van der Waals surface area (Å²) in [5.41, 5.74) is 0. The predicted octanol–water partition coefficient (Wildman–Crippen LogP) is 2.74. The Morgan fingerprint density at radius 3 is 2.84 bits per heavy atom. The van der Waals surface area contributed by atoms with E-state index in [1.165, 1.54) is 17.4 Å². The van der Waals surface area contributed by atoms with Gasteiger partial charge in [0.15, 0.2) is 0 Å². The molecule has 0 aliphatic rings. The molecule has 1 atom stereocenters. The SMILES string of the molecule is CSCC[C@@H](NC(=O)/C=C/c1ccc(Cl)s1)C(=O)O. The first-order valence-corrected chi connectivity index (χ1v) is 8.07. The smallest absolute Gasteiger partial charge is 0.326 e. The van der Waals surface area contributed by atoms with Crippen LogP contribution in [0.5, 0.6) is 0 Å². The number of thioether (sulfide) groups is 1. The second kappa shape index (κ2) is 8.24. The lowest BCUT2D eigenvalue weighted by atomic mass is 10.2. The van der Waals surface area contributed by atoms with Crippen LogP contribution in [-0.4, -0.2) is 35.0 Å². The van der Waals surface area contributed by atoms with E-state index in [1.807, 2.05) is 6.26 Å². The van der Waals surface area contributed by atoms with E-state index in [1.54, 1.807) is 30.0 Å². The second-order valence-electron chi connectivity index (χ2n) is 3.66. The number of nitrogens with one attached hydrogen (secondary N) is 1. The Morgan fingerprint density at radius 1 is 1.58 bits per heavy atom. The minimum Gasteiger partial charge on any atom is -0.480 e. The van der Waals surface area contributed by atoms with Gasteiger partial charge in [0.2, 0.25) is 5.91 Å². The zero-order valence-corrected chi connectivity index (χ0v) is 12.6. The van der Waals surface area contributed by atoms with Crippen molar-refractivity contribution in [1.29, 1.82) is 0 Å². The highest BCUT2D eigenvalue weighted by molar-refractivity contribution is 7.98. The molecule has 1 rings (SSSR count). The molecular weight excluding hydrogens is 306 g/mol. The second-order valence-corrected chi connectivity index (χ2v) is 6.39. The third-order valence-corrected chi connectivity index (χ3v) is 4.06. The summed E-state index contributed by atoms with van der Waals surface area (Å²) >= 11 is 8.65. The average molecular weight is 320 g/mol. The molecule has 0 fully saturated rings. The predicted molar refractivity (Wildman–Crippen MR) is 80.9 cm³/mol. The van der Waals surface area contributed by atoms with Crippen molar-refractivity contribution < 1.29 is 14.7 Å². The number of hydrogen-bond donors (Lipinski definition) is 2. The largest absolute Gasteiger partial charge is 0.480 e. The number of carboxylic acid groups (broad SMARTS) is 1. The van der Waals surface area contributed by atoms with Gasteiger partial charge < -0.3 is 10.4 Å². The molecule has 19 heavy (non-hydrogen) atoms. The maximum atomic E-state index is 11.6. The van der Waals surface area contributed by atoms with Crippen molar-refractivity contribution in [3.05, 3.63) is 27.4 Å². The number of rotatable bonds is 7. The normalized spacial score (nSPS) is 12.5.